The number of carboxylic acids is 1. The van der Waals surface area contributed by atoms with Gasteiger partial charge in [0.1, 0.15) is 6.04 Å². The monoisotopic (exact) mass is 236 g/mol. The summed E-state index contributed by atoms with van der Waals surface area (Å²) in [4.78, 5) is 10.5. The lowest BCUT2D eigenvalue weighted by Crippen LogP contribution is -2.46. The molecule has 1 fully saturated rings. The van der Waals surface area contributed by atoms with Crippen LogP contribution in [0.2, 0.25) is 0 Å². The van der Waals surface area contributed by atoms with Gasteiger partial charge in [0.15, 0.2) is 0 Å². The first-order valence-electron chi connectivity index (χ1n) is 4.83. The molecule has 0 amide bonds. The van der Waals surface area contributed by atoms with Crippen molar-refractivity contribution in [3.8, 4) is 0 Å². The van der Waals surface area contributed by atoms with E-state index in [4.69, 9.17) is 5.11 Å². The zero-order valence-electron chi connectivity index (χ0n) is 8.80. The summed E-state index contributed by atoms with van der Waals surface area (Å²) in [6, 6.07) is -1.09. The van der Waals surface area contributed by atoms with Gasteiger partial charge in [0.2, 0.25) is 0 Å². The molecule has 88 valence electrons. The molecule has 1 saturated heterocycles. The van der Waals surface area contributed by atoms with Gasteiger partial charge in [0, 0.05) is 13.1 Å². The first-order chi connectivity index (χ1) is 6.83. The average Bonchev–Trinajstić information content (AvgIpc) is 2.51. The molecule has 0 bridgehead atoms. The molecule has 0 aliphatic carbocycles. The highest BCUT2D eigenvalue weighted by atomic mass is 32.2. The summed E-state index contributed by atoms with van der Waals surface area (Å²) in [5.74, 6) is -0.840. The van der Waals surface area contributed by atoms with Crippen molar-refractivity contribution in [3.63, 3.8) is 0 Å². The van der Waals surface area contributed by atoms with Crippen LogP contribution in [-0.4, -0.2) is 42.9 Å². The molecular weight excluding hydrogens is 220 g/mol. The van der Waals surface area contributed by atoms with E-state index in [0.717, 1.165) is 6.42 Å². The third-order valence-corrected chi connectivity index (χ3v) is 4.09. The normalized spacial score (nSPS) is 25.3. The van der Waals surface area contributed by atoms with Gasteiger partial charge in [0.05, 0.1) is 0 Å². The van der Waals surface area contributed by atoms with E-state index in [1.54, 1.807) is 0 Å². The Labute approximate surface area is 89.4 Å². The lowest BCUT2D eigenvalue weighted by atomic mass is 10.2. The van der Waals surface area contributed by atoms with Crippen LogP contribution in [0.4, 0.5) is 0 Å². The van der Waals surface area contributed by atoms with Crippen molar-refractivity contribution < 1.29 is 18.3 Å². The van der Waals surface area contributed by atoms with Crippen molar-refractivity contribution in [3.05, 3.63) is 0 Å². The summed E-state index contributed by atoms with van der Waals surface area (Å²) in [5, 5.41) is 8.59. The number of hydrogen-bond acceptors (Lipinski definition) is 3. The molecule has 1 aliphatic rings. The van der Waals surface area contributed by atoms with Gasteiger partial charge >= 0.3 is 5.97 Å². The molecule has 0 aromatic rings. The molecule has 0 saturated carbocycles. The van der Waals surface area contributed by atoms with Gasteiger partial charge < -0.3 is 5.11 Å². The fourth-order valence-electron chi connectivity index (χ4n) is 1.46. The van der Waals surface area contributed by atoms with Crippen molar-refractivity contribution in [1.29, 1.82) is 0 Å². The molecule has 1 aliphatic heterocycles. The average molecular weight is 236 g/mol. The van der Waals surface area contributed by atoms with Crippen LogP contribution in [0.5, 0.6) is 0 Å². The van der Waals surface area contributed by atoms with Crippen LogP contribution < -0.4 is 4.72 Å². The third-order valence-electron chi connectivity index (χ3n) is 2.42. The van der Waals surface area contributed by atoms with Gasteiger partial charge in [-0.1, -0.05) is 6.92 Å². The van der Waals surface area contributed by atoms with Crippen molar-refractivity contribution in [1.82, 2.24) is 9.03 Å². The number of hydrogen-bond donors (Lipinski definition) is 2. The van der Waals surface area contributed by atoms with E-state index >= 15 is 0 Å². The number of carbonyl (C=O) groups is 1. The molecule has 2 N–H and O–H groups in total. The van der Waals surface area contributed by atoms with E-state index in [0.29, 0.717) is 19.0 Å². The largest absolute Gasteiger partial charge is 0.480 e. The van der Waals surface area contributed by atoms with Crippen molar-refractivity contribution in [2.75, 3.05) is 13.1 Å². The first-order valence-corrected chi connectivity index (χ1v) is 6.27. The summed E-state index contributed by atoms with van der Waals surface area (Å²) < 4.78 is 26.7. The third kappa shape index (κ3) is 3.15. The molecule has 2 atom stereocenters. The second-order valence-electron chi connectivity index (χ2n) is 3.93. The molecule has 0 spiro atoms. The van der Waals surface area contributed by atoms with Gasteiger partial charge in [-0.05, 0) is 19.3 Å². The van der Waals surface area contributed by atoms with Crippen LogP contribution in [0.25, 0.3) is 0 Å². The fourth-order valence-corrected chi connectivity index (χ4v) is 2.95. The van der Waals surface area contributed by atoms with Crippen LogP contribution in [0, 0.1) is 5.92 Å². The van der Waals surface area contributed by atoms with Crippen molar-refractivity contribution >= 4 is 16.2 Å². The number of carboxylic acid groups (broad SMARTS) is 1. The Morgan fingerprint density at radius 3 is 2.60 bits per heavy atom. The Hall–Kier alpha value is -0.660. The van der Waals surface area contributed by atoms with Crippen LogP contribution in [-0.2, 0) is 15.0 Å². The minimum absolute atomic E-state index is 0.335. The Bertz CT molecular complexity index is 341. The van der Waals surface area contributed by atoms with E-state index in [1.165, 1.54) is 11.2 Å². The minimum atomic E-state index is -3.63. The number of aliphatic carboxylic acids is 1. The summed E-state index contributed by atoms with van der Waals surface area (Å²) in [6.07, 6.45) is 0.822. The Morgan fingerprint density at radius 2 is 2.20 bits per heavy atom. The summed E-state index contributed by atoms with van der Waals surface area (Å²) in [7, 11) is -3.63. The molecular formula is C8H16N2O4S. The molecule has 2 unspecified atom stereocenters. The lowest BCUT2D eigenvalue weighted by Gasteiger charge is -2.18. The lowest BCUT2D eigenvalue weighted by molar-refractivity contribution is -0.138. The zero-order chi connectivity index (χ0) is 11.6. The predicted octanol–water partition coefficient (Wildman–Crippen LogP) is -0.364. The summed E-state index contributed by atoms with van der Waals surface area (Å²) in [5.41, 5.74) is 0. The number of nitrogens with one attached hydrogen (secondary N) is 1. The van der Waals surface area contributed by atoms with Gasteiger partial charge in [-0.3, -0.25) is 4.79 Å². The van der Waals surface area contributed by atoms with Crippen molar-refractivity contribution in [2.45, 2.75) is 26.3 Å². The molecule has 1 heterocycles. The Kier molecular flexibility index (Phi) is 3.69. The first kappa shape index (κ1) is 12.4. The molecule has 0 aromatic carbocycles. The Balaban J connectivity index is 2.63. The second kappa shape index (κ2) is 4.46. The predicted molar refractivity (Wildman–Crippen MR) is 54.5 cm³/mol. The highest BCUT2D eigenvalue weighted by molar-refractivity contribution is 7.87. The molecule has 7 heteroatoms. The second-order valence-corrected chi connectivity index (χ2v) is 5.64. The molecule has 1 rings (SSSR count). The molecule has 0 aromatic heterocycles. The quantitative estimate of drug-likeness (QED) is 0.697. The number of nitrogens with zero attached hydrogens (tertiary/aromatic N) is 1. The molecule has 15 heavy (non-hydrogen) atoms. The highest BCUT2D eigenvalue weighted by Gasteiger charge is 2.31. The van der Waals surface area contributed by atoms with Crippen molar-refractivity contribution in [2.24, 2.45) is 5.92 Å². The summed E-state index contributed by atoms with van der Waals surface area (Å²) >= 11 is 0. The van der Waals surface area contributed by atoms with Crippen LogP contribution in [0.1, 0.15) is 20.3 Å². The standard InChI is InChI=1S/C8H16N2O4S/c1-6-3-4-10(5-6)15(13,14)9-7(2)8(11)12/h6-7,9H,3-5H2,1-2H3,(H,11,12). The number of rotatable bonds is 4. The van der Waals surface area contributed by atoms with Crippen LogP contribution in [0.3, 0.4) is 0 Å². The maximum atomic E-state index is 11.6. The van der Waals surface area contributed by atoms with E-state index in [1.807, 2.05) is 6.92 Å². The SMILES string of the molecule is CC1CCN(S(=O)(=O)NC(C)C(=O)O)C1. The van der Waals surface area contributed by atoms with Crippen LogP contribution >= 0.6 is 0 Å². The fraction of sp³-hybridized carbons (Fsp3) is 0.875. The zero-order valence-corrected chi connectivity index (χ0v) is 9.62. The molecule has 6 nitrogen and oxygen atoms in total. The Morgan fingerprint density at radius 1 is 1.60 bits per heavy atom. The maximum absolute atomic E-state index is 11.6. The van der Waals surface area contributed by atoms with Gasteiger partial charge in [-0.15, -0.1) is 0 Å². The van der Waals surface area contributed by atoms with E-state index in [2.05, 4.69) is 4.72 Å². The molecule has 0 radical (unpaired) electrons. The van der Waals surface area contributed by atoms with Crippen LogP contribution in [0.15, 0.2) is 0 Å². The van der Waals surface area contributed by atoms with E-state index < -0.39 is 22.2 Å². The highest BCUT2D eigenvalue weighted by Crippen LogP contribution is 2.17. The van der Waals surface area contributed by atoms with E-state index in [9.17, 15) is 13.2 Å². The van der Waals surface area contributed by atoms with Gasteiger partial charge in [-0.25, -0.2) is 0 Å². The van der Waals surface area contributed by atoms with Gasteiger partial charge in [-0.2, -0.15) is 17.4 Å². The minimum Gasteiger partial charge on any atom is -0.480 e. The topological polar surface area (TPSA) is 86.7 Å². The maximum Gasteiger partial charge on any atom is 0.321 e. The smallest absolute Gasteiger partial charge is 0.321 e. The van der Waals surface area contributed by atoms with E-state index in [-0.39, 0.29) is 0 Å². The van der Waals surface area contributed by atoms with Gasteiger partial charge in [0.25, 0.3) is 10.2 Å². The summed E-state index contributed by atoms with van der Waals surface area (Å²) in [6.45, 7) is 4.19.